The number of thioether (sulfide) groups is 2. The Labute approximate surface area is 431 Å². The third-order valence-electron chi connectivity index (χ3n) is 12.8. The van der Waals surface area contributed by atoms with E-state index in [2.05, 4.69) is 70.8 Å². The summed E-state index contributed by atoms with van der Waals surface area (Å²) >= 11 is -0.266. The van der Waals surface area contributed by atoms with Gasteiger partial charge in [-0.15, -0.1) is 0 Å². The SMILES string of the molecule is C.COC(=O)/C=C/c1ccc2c(c1)nc(Nc1ccc(SC(F)(F)F)cc1)n2[C@@H]1C[C@H](C)CC(C)(C)C1.COC(=O)/C=C/c1ccc2c(c1)nc(Nc1ccc(SC(F)(F)F)cc1)n2[C@H]1C[C@@H](C)CC(C)(C)C1. The van der Waals surface area contributed by atoms with Gasteiger partial charge in [-0.2, -0.15) is 26.3 Å². The number of esters is 2. The lowest BCUT2D eigenvalue weighted by Crippen LogP contribution is -2.29. The Kier molecular flexibility index (Phi) is 17.9. The number of benzene rings is 4. The first-order chi connectivity index (χ1) is 33.8. The summed E-state index contributed by atoms with van der Waals surface area (Å²) in [5.74, 6) is 1.51. The summed E-state index contributed by atoms with van der Waals surface area (Å²) < 4.78 is 90.1. The molecule has 2 aromatic heterocycles. The largest absolute Gasteiger partial charge is 0.466 e. The minimum Gasteiger partial charge on any atom is -0.466 e. The third-order valence-corrected chi connectivity index (χ3v) is 14.3. The molecule has 392 valence electrons. The van der Waals surface area contributed by atoms with E-state index in [1.54, 1.807) is 36.4 Å². The molecule has 18 heteroatoms. The highest BCUT2D eigenvalue weighted by Crippen LogP contribution is 2.48. The lowest BCUT2D eigenvalue weighted by molar-refractivity contribution is -0.135. The molecule has 2 N–H and O–H groups in total. The molecule has 0 bridgehead atoms. The Morgan fingerprint density at radius 2 is 0.959 bits per heavy atom. The third kappa shape index (κ3) is 15.6. The number of ether oxygens (including phenoxy) is 2. The van der Waals surface area contributed by atoms with E-state index < -0.39 is 23.0 Å². The van der Waals surface area contributed by atoms with Crippen molar-refractivity contribution in [2.45, 2.75) is 120 Å². The van der Waals surface area contributed by atoms with Gasteiger partial charge in [0.2, 0.25) is 11.9 Å². The van der Waals surface area contributed by atoms with Crippen LogP contribution in [0.1, 0.15) is 111 Å². The number of halogens is 6. The first-order valence-electron chi connectivity index (χ1n) is 23.7. The van der Waals surface area contributed by atoms with E-state index in [0.717, 1.165) is 71.7 Å². The fourth-order valence-electron chi connectivity index (χ4n) is 10.5. The fourth-order valence-corrected chi connectivity index (χ4v) is 11.6. The van der Waals surface area contributed by atoms with E-state index in [9.17, 15) is 35.9 Å². The number of nitrogens with zero attached hydrogens (tertiary/aromatic N) is 4. The summed E-state index contributed by atoms with van der Waals surface area (Å²) in [7, 11) is 2.66. The molecule has 2 aliphatic rings. The van der Waals surface area contributed by atoms with Crippen LogP contribution in [0.5, 0.6) is 0 Å². The van der Waals surface area contributed by atoms with Gasteiger partial charge >= 0.3 is 23.0 Å². The molecule has 0 spiro atoms. The number of anilines is 4. The number of fused-ring (bicyclic) bond motifs is 2. The van der Waals surface area contributed by atoms with Crippen molar-refractivity contribution in [3.63, 3.8) is 0 Å². The van der Waals surface area contributed by atoms with E-state index in [1.165, 1.54) is 50.6 Å². The molecule has 8 rings (SSSR count). The fraction of sp³-hybridized carbons (Fsp3) is 0.418. The molecule has 2 fully saturated rings. The molecular weight excluding hydrogens is 987 g/mol. The number of aromatic nitrogens is 4. The van der Waals surface area contributed by atoms with E-state index >= 15 is 0 Å². The predicted molar refractivity (Wildman–Crippen MR) is 283 cm³/mol. The molecule has 2 heterocycles. The summed E-state index contributed by atoms with van der Waals surface area (Å²) in [5.41, 5.74) is -1.88. The van der Waals surface area contributed by atoms with Gasteiger partial charge in [-0.25, -0.2) is 19.6 Å². The minimum atomic E-state index is -4.33. The minimum absolute atomic E-state index is 0. The first kappa shape index (κ1) is 56.4. The number of hydrogen-bond acceptors (Lipinski definition) is 10. The standard InChI is InChI=1S/2C27H30F3N3O2S.CH4/c2*1-17-13-20(16-26(2,3)15-17)33-23-11-5-18(6-12-24(34)35-4)14-22(23)32-25(33)31-19-7-9-21(10-8-19)36-27(28,29)30;/h2*5-12,14,17,20H,13,15-16H2,1-4H3,(H,31,32);1H4/b2*12-6+;/t2*17-,20+;/m10./s1. The molecule has 4 aromatic carbocycles. The van der Waals surface area contributed by atoms with Crippen LogP contribution in [0.15, 0.2) is 107 Å². The van der Waals surface area contributed by atoms with Crippen LogP contribution in [-0.2, 0) is 19.1 Å². The van der Waals surface area contributed by atoms with Gasteiger partial charge in [0, 0.05) is 45.4 Å². The van der Waals surface area contributed by atoms with Crippen LogP contribution in [0, 0.1) is 22.7 Å². The maximum Gasteiger partial charge on any atom is 0.446 e. The highest BCUT2D eigenvalue weighted by Gasteiger charge is 2.37. The summed E-state index contributed by atoms with van der Waals surface area (Å²) in [6.07, 6.45) is 12.4. The maximum absolute atomic E-state index is 12.7. The van der Waals surface area contributed by atoms with Crippen molar-refractivity contribution in [3.8, 4) is 0 Å². The van der Waals surface area contributed by atoms with E-state index in [1.807, 2.05) is 36.4 Å². The van der Waals surface area contributed by atoms with Gasteiger partial charge in [0.15, 0.2) is 0 Å². The second-order valence-electron chi connectivity index (χ2n) is 20.3. The second kappa shape index (κ2) is 23.1. The Balaban J connectivity index is 0.000000235. The summed E-state index contributed by atoms with van der Waals surface area (Å²) in [6, 6.07) is 24.5. The second-order valence-corrected chi connectivity index (χ2v) is 22.6. The van der Waals surface area contributed by atoms with Crippen molar-refractivity contribution in [3.05, 3.63) is 108 Å². The Morgan fingerprint density at radius 3 is 1.27 bits per heavy atom. The molecule has 4 atom stereocenters. The molecule has 2 saturated carbocycles. The van der Waals surface area contributed by atoms with Crippen LogP contribution in [0.2, 0.25) is 0 Å². The Morgan fingerprint density at radius 1 is 0.603 bits per heavy atom. The molecule has 10 nitrogen and oxygen atoms in total. The lowest BCUT2D eigenvalue weighted by atomic mass is 9.70. The Hall–Kier alpha value is -5.88. The van der Waals surface area contributed by atoms with Gasteiger partial charge in [-0.3, -0.25) is 0 Å². The van der Waals surface area contributed by atoms with Crippen molar-refractivity contribution < 1.29 is 45.4 Å². The van der Waals surface area contributed by atoms with Crippen molar-refractivity contribution in [1.29, 1.82) is 0 Å². The average molecular weight is 1050 g/mol. The quantitative estimate of drug-likeness (QED) is 0.0532. The number of rotatable bonds is 12. The summed E-state index contributed by atoms with van der Waals surface area (Å²) in [4.78, 5) is 33.0. The number of imidazole rings is 2. The number of alkyl halides is 6. The Bertz CT molecular complexity index is 2730. The van der Waals surface area contributed by atoms with Crippen molar-refractivity contribution in [2.24, 2.45) is 22.7 Å². The topological polar surface area (TPSA) is 112 Å². The summed E-state index contributed by atoms with van der Waals surface area (Å²) in [6.45, 7) is 13.7. The van der Waals surface area contributed by atoms with E-state index in [0.29, 0.717) is 35.1 Å². The molecule has 0 saturated heterocycles. The molecule has 0 aliphatic heterocycles. The molecule has 0 unspecified atom stereocenters. The molecular formula is C55H64F6N6O4S2. The van der Waals surface area contributed by atoms with Gasteiger partial charge in [-0.1, -0.05) is 61.1 Å². The van der Waals surface area contributed by atoms with Gasteiger partial charge in [0.05, 0.1) is 36.3 Å². The van der Waals surface area contributed by atoms with Crippen LogP contribution in [0.4, 0.5) is 49.6 Å². The highest BCUT2D eigenvalue weighted by molar-refractivity contribution is 8.00. The molecule has 2 aliphatic carbocycles. The van der Waals surface area contributed by atoms with Gasteiger partial charge in [0.1, 0.15) is 0 Å². The van der Waals surface area contributed by atoms with E-state index in [-0.39, 0.29) is 63.7 Å². The zero-order valence-corrected chi connectivity index (χ0v) is 43.1. The highest BCUT2D eigenvalue weighted by atomic mass is 32.2. The van der Waals surface area contributed by atoms with Gasteiger partial charge in [0.25, 0.3) is 0 Å². The number of carbonyl (C=O) groups excluding carboxylic acids is 2. The van der Waals surface area contributed by atoms with Crippen LogP contribution in [0.3, 0.4) is 0 Å². The number of carbonyl (C=O) groups is 2. The smallest absolute Gasteiger partial charge is 0.446 e. The molecule has 73 heavy (non-hydrogen) atoms. The lowest BCUT2D eigenvalue weighted by Gasteiger charge is -2.40. The maximum atomic E-state index is 12.7. The van der Waals surface area contributed by atoms with Crippen molar-refractivity contribution >= 4 is 93.0 Å². The van der Waals surface area contributed by atoms with Crippen molar-refractivity contribution in [2.75, 3.05) is 24.9 Å². The van der Waals surface area contributed by atoms with Crippen LogP contribution >= 0.6 is 23.5 Å². The van der Waals surface area contributed by atoms with Gasteiger partial charge < -0.3 is 29.2 Å². The van der Waals surface area contributed by atoms with Gasteiger partial charge in [-0.05, 0) is 181 Å². The normalized spacial score (nSPS) is 19.8. The average Bonchev–Trinajstić information content (AvgIpc) is 3.83. The number of nitrogens with one attached hydrogen (secondary N) is 2. The molecule has 0 amide bonds. The number of hydrogen-bond donors (Lipinski definition) is 2. The monoisotopic (exact) mass is 1050 g/mol. The first-order valence-corrected chi connectivity index (χ1v) is 25.3. The van der Waals surface area contributed by atoms with Crippen molar-refractivity contribution in [1.82, 2.24) is 19.1 Å². The van der Waals surface area contributed by atoms with E-state index in [4.69, 9.17) is 9.97 Å². The molecule has 0 radical (unpaired) electrons. The molecule has 6 aromatic rings. The van der Waals surface area contributed by atoms with Crippen LogP contribution in [-0.4, -0.2) is 56.3 Å². The summed E-state index contributed by atoms with van der Waals surface area (Å²) in [5, 5.41) is 6.68. The number of methoxy groups -OCH3 is 2. The predicted octanol–water partition coefficient (Wildman–Crippen LogP) is 16.6. The van der Waals surface area contributed by atoms with Crippen LogP contribution in [0.25, 0.3) is 34.2 Å². The zero-order chi connectivity index (χ0) is 52.2. The zero-order valence-electron chi connectivity index (χ0n) is 41.5. The van der Waals surface area contributed by atoms with Crippen LogP contribution < -0.4 is 10.6 Å².